The first kappa shape index (κ1) is 26.3. The van der Waals surface area contributed by atoms with Crippen LogP contribution < -0.4 is 15.0 Å². The SMILES string of the molecule is Cc1cc(Nc2ncnc3ccc(N4CC(C)C(=CCN(C)C)C4=O)nc23)ccc1Oc1ccc2c(c1)nnn2C. The van der Waals surface area contributed by atoms with E-state index < -0.39 is 0 Å². The molecule has 4 heterocycles. The molecule has 1 aliphatic rings. The van der Waals surface area contributed by atoms with E-state index in [4.69, 9.17) is 9.72 Å². The number of carbonyl (C=O) groups is 1. The number of carbonyl (C=O) groups excluding carboxylic acids is 1. The van der Waals surface area contributed by atoms with Gasteiger partial charge in [-0.2, -0.15) is 0 Å². The first-order valence-electron chi connectivity index (χ1n) is 13.4. The van der Waals surface area contributed by atoms with E-state index in [-0.39, 0.29) is 11.8 Å². The molecule has 1 aliphatic heterocycles. The van der Waals surface area contributed by atoms with Gasteiger partial charge in [0.05, 0.1) is 11.0 Å². The van der Waals surface area contributed by atoms with Crippen molar-refractivity contribution in [3.63, 3.8) is 0 Å². The minimum Gasteiger partial charge on any atom is -0.457 e. The van der Waals surface area contributed by atoms with Gasteiger partial charge in [-0.05, 0) is 69.0 Å². The molecule has 0 spiro atoms. The summed E-state index contributed by atoms with van der Waals surface area (Å²) in [5.74, 6) is 2.66. The Labute approximate surface area is 237 Å². The van der Waals surface area contributed by atoms with Gasteiger partial charge in [0.25, 0.3) is 5.91 Å². The number of aryl methyl sites for hydroxylation is 2. The number of pyridine rings is 1. The van der Waals surface area contributed by atoms with Gasteiger partial charge in [0, 0.05) is 43.4 Å². The molecule has 0 aliphatic carbocycles. The number of aromatic nitrogens is 6. The highest BCUT2D eigenvalue weighted by atomic mass is 16.5. The third-order valence-corrected chi connectivity index (χ3v) is 7.15. The molecule has 1 saturated heterocycles. The molecule has 11 nitrogen and oxygen atoms in total. The van der Waals surface area contributed by atoms with Crippen molar-refractivity contribution >= 4 is 45.3 Å². The molecular weight excluding hydrogens is 518 g/mol. The lowest BCUT2D eigenvalue weighted by molar-refractivity contribution is -0.114. The van der Waals surface area contributed by atoms with E-state index in [9.17, 15) is 4.79 Å². The van der Waals surface area contributed by atoms with E-state index in [1.807, 2.05) is 87.6 Å². The number of hydrogen-bond acceptors (Lipinski definition) is 9. The van der Waals surface area contributed by atoms with Crippen molar-refractivity contribution in [2.24, 2.45) is 13.0 Å². The Morgan fingerprint density at radius 2 is 1.95 bits per heavy atom. The minimum absolute atomic E-state index is 0.0118. The first-order valence-corrected chi connectivity index (χ1v) is 13.4. The number of hydrogen-bond donors (Lipinski definition) is 1. The van der Waals surface area contributed by atoms with Gasteiger partial charge in [0.1, 0.15) is 34.7 Å². The van der Waals surface area contributed by atoms with Gasteiger partial charge in [-0.25, -0.2) is 19.6 Å². The molecule has 2 aromatic carbocycles. The molecule has 1 amide bonds. The fraction of sp³-hybridized carbons (Fsp3) is 0.267. The summed E-state index contributed by atoms with van der Waals surface area (Å²) < 4.78 is 7.87. The summed E-state index contributed by atoms with van der Waals surface area (Å²) in [5, 5.41) is 11.6. The number of nitrogens with one attached hydrogen (secondary N) is 1. The van der Waals surface area contributed by atoms with E-state index in [1.54, 1.807) is 9.58 Å². The number of likely N-dealkylation sites (N-methyl/N-ethyl adjacent to an activating group) is 1. The second-order valence-corrected chi connectivity index (χ2v) is 10.6. The van der Waals surface area contributed by atoms with E-state index in [1.165, 1.54) is 6.33 Å². The van der Waals surface area contributed by atoms with Crippen molar-refractivity contribution in [3.05, 3.63) is 72.1 Å². The summed E-state index contributed by atoms with van der Waals surface area (Å²) >= 11 is 0. The first-order chi connectivity index (χ1) is 19.8. The molecule has 3 aromatic heterocycles. The number of anilines is 3. The van der Waals surface area contributed by atoms with Crippen LogP contribution in [0.1, 0.15) is 12.5 Å². The average Bonchev–Trinajstić information content (AvgIpc) is 3.46. The lowest BCUT2D eigenvalue weighted by Crippen LogP contribution is -2.26. The van der Waals surface area contributed by atoms with Crippen molar-refractivity contribution in [1.29, 1.82) is 0 Å². The highest BCUT2D eigenvalue weighted by Gasteiger charge is 2.34. The molecule has 1 atom stereocenters. The number of benzene rings is 2. The molecule has 208 valence electrons. The van der Waals surface area contributed by atoms with Crippen molar-refractivity contribution in [3.8, 4) is 11.5 Å². The summed E-state index contributed by atoms with van der Waals surface area (Å²) in [7, 11) is 5.83. The van der Waals surface area contributed by atoms with Crippen molar-refractivity contribution in [1.82, 2.24) is 34.8 Å². The fourth-order valence-corrected chi connectivity index (χ4v) is 4.95. The highest BCUT2D eigenvalue weighted by Crippen LogP contribution is 2.32. The minimum atomic E-state index is -0.0118. The Balaban J connectivity index is 1.24. The zero-order valence-corrected chi connectivity index (χ0v) is 23.7. The Morgan fingerprint density at radius 3 is 2.76 bits per heavy atom. The Bertz CT molecular complexity index is 1810. The zero-order valence-electron chi connectivity index (χ0n) is 23.7. The maximum Gasteiger partial charge on any atom is 0.255 e. The van der Waals surface area contributed by atoms with Crippen LogP contribution in [0.4, 0.5) is 17.3 Å². The van der Waals surface area contributed by atoms with E-state index in [2.05, 4.69) is 32.5 Å². The van der Waals surface area contributed by atoms with Gasteiger partial charge in [0.2, 0.25) is 0 Å². The van der Waals surface area contributed by atoms with Gasteiger partial charge in [-0.3, -0.25) is 9.69 Å². The molecular formula is C30H31N9O2. The van der Waals surface area contributed by atoms with Crippen LogP contribution in [0.2, 0.25) is 0 Å². The summed E-state index contributed by atoms with van der Waals surface area (Å²) in [6, 6.07) is 15.3. The van der Waals surface area contributed by atoms with Crippen LogP contribution in [0.25, 0.3) is 22.1 Å². The summed E-state index contributed by atoms with van der Waals surface area (Å²) in [5.41, 5.74) is 5.57. The third kappa shape index (κ3) is 5.19. The predicted octanol–water partition coefficient (Wildman–Crippen LogP) is 4.62. The number of ether oxygens (including phenoxy) is 1. The predicted molar refractivity (Wildman–Crippen MR) is 159 cm³/mol. The molecule has 0 radical (unpaired) electrons. The quantitative estimate of drug-likeness (QED) is 0.290. The topological polar surface area (TPSA) is 114 Å². The van der Waals surface area contributed by atoms with Crippen LogP contribution in [-0.4, -0.2) is 67.9 Å². The van der Waals surface area contributed by atoms with E-state index in [0.717, 1.165) is 33.6 Å². The number of fused-ring (bicyclic) bond motifs is 2. The molecule has 0 saturated carbocycles. The second-order valence-electron chi connectivity index (χ2n) is 10.6. The van der Waals surface area contributed by atoms with Crippen LogP contribution in [-0.2, 0) is 11.8 Å². The average molecular weight is 550 g/mol. The maximum absolute atomic E-state index is 13.2. The smallest absolute Gasteiger partial charge is 0.255 e. The Morgan fingerprint density at radius 1 is 1.10 bits per heavy atom. The fourth-order valence-electron chi connectivity index (χ4n) is 4.95. The van der Waals surface area contributed by atoms with Gasteiger partial charge >= 0.3 is 0 Å². The molecule has 1 fully saturated rings. The van der Waals surface area contributed by atoms with Crippen LogP contribution in [0.5, 0.6) is 11.5 Å². The van der Waals surface area contributed by atoms with E-state index >= 15 is 0 Å². The van der Waals surface area contributed by atoms with Crippen molar-refractivity contribution in [2.75, 3.05) is 37.4 Å². The van der Waals surface area contributed by atoms with Crippen LogP contribution in [0.15, 0.2) is 66.5 Å². The zero-order chi connectivity index (χ0) is 28.7. The largest absolute Gasteiger partial charge is 0.457 e. The summed E-state index contributed by atoms with van der Waals surface area (Å²) in [6.45, 7) is 5.35. The van der Waals surface area contributed by atoms with Gasteiger partial charge in [-0.1, -0.05) is 18.2 Å². The van der Waals surface area contributed by atoms with Crippen molar-refractivity contribution in [2.45, 2.75) is 13.8 Å². The molecule has 41 heavy (non-hydrogen) atoms. The van der Waals surface area contributed by atoms with Crippen LogP contribution in [0, 0.1) is 12.8 Å². The summed E-state index contributed by atoms with van der Waals surface area (Å²) in [4.78, 5) is 30.7. The monoisotopic (exact) mass is 549 g/mol. The van der Waals surface area contributed by atoms with Gasteiger partial charge < -0.3 is 15.0 Å². The molecule has 0 bridgehead atoms. The molecule has 11 heteroatoms. The van der Waals surface area contributed by atoms with Gasteiger partial charge in [-0.15, -0.1) is 5.10 Å². The molecule has 5 aromatic rings. The standard InChI is InChI=1S/C30H31N9O2/c1-18-14-20(6-10-26(18)41-21-7-9-25-24(15-21)35-36-38(25)5)33-29-28-23(31-17-32-29)8-11-27(34-28)39-16-19(2)22(30(39)40)12-13-37(3)4/h6-12,14-15,17,19H,13,16H2,1-5H3,(H,31,32,33). The molecule has 1 N–H and O–H groups in total. The lowest BCUT2D eigenvalue weighted by Gasteiger charge is -2.16. The number of rotatable bonds is 7. The summed E-state index contributed by atoms with van der Waals surface area (Å²) in [6.07, 6.45) is 3.51. The number of amides is 1. The normalized spacial score (nSPS) is 16.4. The number of nitrogens with zero attached hydrogens (tertiary/aromatic N) is 8. The van der Waals surface area contributed by atoms with Gasteiger partial charge in [0.15, 0.2) is 5.82 Å². The second kappa shape index (κ2) is 10.6. The van der Waals surface area contributed by atoms with Crippen LogP contribution in [0.3, 0.4) is 0 Å². The Kier molecular flexibility index (Phi) is 6.80. The van der Waals surface area contributed by atoms with Crippen molar-refractivity contribution < 1.29 is 9.53 Å². The molecule has 6 rings (SSSR count). The lowest BCUT2D eigenvalue weighted by atomic mass is 10.0. The Hall–Kier alpha value is -4.90. The molecule has 1 unspecified atom stereocenters. The highest BCUT2D eigenvalue weighted by molar-refractivity contribution is 6.08. The maximum atomic E-state index is 13.2. The third-order valence-electron chi connectivity index (χ3n) is 7.15. The van der Waals surface area contributed by atoms with E-state index in [0.29, 0.717) is 41.5 Å². The van der Waals surface area contributed by atoms with Crippen LogP contribution >= 0.6 is 0 Å².